The van der Waals surface area contributed by atoms with Crippen LogP contribution in [0, 0.1) is 0 Å². The number of nitrogens with zero attached hydrogens (tertiary/aromatic N) is 1. The lowest BCUT2D eigenvalue weighted by Crippen LogP contribution is -2.26. The van der Waals surface area contributed by atoms with Crippen molar-refractivity contribution in [3.63, 3.8) is 0 Å². The van der Waals surface area contributed by atoms with Gasteiger partial charge in [0.15, 0.2) is 0 Å². The van der Waals surface area contributed by atoms with Gasteiger partial charge in [0, 0.05) is 17.3 Å². The summed E-state index contributed by atoms with van der Waals surface area (Å²) in [6, 6.07) is 1.76. The van der Waals surface area contributed by atoms with Crippen LogP contribution < -0.4 is 5.32 Å². The minimum Gasteiger partial charge on any atom is -0.392 e. The number of hydrogen-bond acceptors (Lipinski definition) is 3. The van der Waals surface area contributed by atoms with Crippen molar-refractivity contribution in [2.24, 2.45) is 0 Å². The predicted molar refractivity (Wildman–Crippen MR) is 58.5 cm³/mol. The van der Waals surface area contributed by atoms with Gasteiger partial charge in [-0.25, -0.2) is 4.98 Å². The highest BCUT2D eigenvalue weighted by Crippen LogP contribution is 2.19. The normalized spacial score (nSPS) is 11.5. The zero-order valence-corrected chi connectivity index (χ0v) is 9.39. The van der Waals surface area contributed by atoms with Gasteiger partial charge in [0.05, 0.1) is 11.6 Å². The van der Waals surface area contributed by atoms with Crippen LogP contribution in [0.25, 0.3) is 0 Å². The Balaban J connectivity index is 2.90. The summed E-state index contributed by atoms with van der Waals surface area (Å²) >= 11 is 5.82. The molecule has 0 amide bonds. The number of hydrogen-bond donors (Lipinski definition) is 2. The van der Waals surface area contributed by atoms with Gasteiger partial charge in [-0.1, -0.05) is 11.6 Å². The van der Waals surface area contributed by atoms with Gasteiger partial charge in [-0.2, -0.15) is 0 Å². The summed E-state index contributed by atoms with van der Waals surface area (Å²) in [4.78, 5) is 4.12. The molecule has 0 radical (unpaired) electrons. The zero-order chi connectivity index (χ0) is 10.8. The minimum absolute atomic E-state index is 0.0481. The Labute approximate surface area is 89.1 Å². The third kappa shape index (κ3) is 3.16. The second-order valence-corrected chi connectivity index (χ2v) is 4.60. The van der Waals surface area contributed by atoms with E-state index in [0.29, 0.717) is 10.6 Å². The highest BCUT2D eigenvalue weighted by molar-refractivity contribution is 6.31. The fourth-order valence-corrected chi connectivity index (χ4v) is 1.22. The molecule has 1 aromatic rings. The summed E-state index contributed by atoms with van der Waals surface area (Å²) in [5.74, 6) is 0.728. The molecule has 0 saturated carbocycles. The zero-order valence-electron chi connectivity index (χ0n) is 8.63. The van der Waals surface area contributed by atoms with Crippen LogP contribution in [0.4, 0.5) is 5.82 Å². The van der Waals surface area contributed by atoms with E-state index in [4.69, 9.17) is 16.7 Å². The molecule has 0 aliphatic rings. The molecule has 1 heterocycles. The van der Waals surface area contributed by atoms with Crippen molar-refractivity contribution in [3.05, 3.63) is 22.8 Å². The van der Waals surface area contributed by atoms with Crippen molar-refractivity contribution < 1.29 is 5.11 Å². The van der Waals surface area contributed by atoms with Crippen LogP contribution in [0.3, 0.4) is 0 Å². The van der Waals surface area contributed by atoms with Gasteiger partial charge in [0.25, 0.3) is 0 Å². The van der Waals surface area contributed by atoms with Gasteiger partial charge < -0.3 is 10.4 Å². The fourth-order valence-electron chi connectivity index (χ4n) is 1.05. The molecule has 1 aromatic heterocycles. The number of aromatic nitrogens is 1. The summed E-state index contributed by atoms with van der Waals surface area (Å²) < 4.78 is 0. The van der Waals surface area contributed by atoms with Crippen molar-refractivity contribution >= 4 is 17.4 Å². The summed E-state index contributed by atoms with van der Waals surface area (Å²) in [5, 5.41) is 12.7. The first-order valence-corrected chi connectivity index (χ1v) is 4.83. The van der Waals surface area contributed by atoms with Crippen molar-refractivity contribution in [3.8, 4) is 0 Å². The lowest BCUT2D eigenvalue weighted by atomic mass is 10.1. The third-order valence-electron chi connectivity index (χ3n) is 1.61. The van der Waals surface area contributed by atoms with Crippen LogP contribution in [-0.4, -0.2) is 15.6 Å². The molecular weight excluding hydrogens is 200 g/mol. The average molecular weight is 215 g/mol. The first kappa shape index (κ1) is 11.3. The predicted octanol–water partition coefficient (Wildman–Crippen LogP) is 2.44. The maximum Gasteiger partial charge on any atom is 0.126 e. The maximum absolute atomic E-state index is 9.00. The first-order valence-electron chi connectivity index (χ1n) is 4.46. The van der Waals surface area contributed by atoms with E-state index in [0.717, 1.165) is 5.82 Å². The molecular formula is C10H15ClN2O. The van der Waals surface area contributed by atoms with Crippen molar-refractivity contribution in [2.75, 3.05) is 5.32 Å². The minimum atomic E-state index is -0.0693. The SMILES string of the molecule is CC(C)(C)Nc1cc(CO)c(Cl)cn1. The summed E-state index contributed by atoms with van der Waals surface area (Å²) in [6.07, 6.45) is 1.54. The second kappa shape index (κ2) is 4.15. The van der Waals surface area contributed by atoms with Gasteiger partial charge in [0.2, 0.25) is 0 Å². The van der Waals surface area contributed by atoms with Gasteiger partial charge >= 0.3 is 0 Å². The molecule has 0 bridgehead atoms. The Morgan fingerprint density at radius 3 is 2.64 bits per heavy atom. The Kier molecular flexibility index (Phi) is 3.34. The Morgan fingerprint density at radius 2 is 2.14 bits per heavy atom. The molecule has 4 heteroatoms. The number of pyridine rings is 1. The van der Waals surface area contributed by atoms with Crippen molar-refractivity contribution in [1.82, 2.24) is 4.98 Å². The monoisotopic (exact) mass is 214 g/mol. The molecule has 0 saturated heterocycles. The Morgan fingerprint density at radius 1 is 1.50 bits per heavy atom. The van der Waals surface area contributed by atoms with Crippen LogP contribution in [0.2, 0.25) is 5.02 Å². The van der Waals surface area contributed by atoms with Gasteiger partial charge in [-0.05, 0) is 26.8 Å². The molecule has 0 aliphatic carbocycles. The van der Waals surface area contributed by atoms with E-state index < -0.39 is 0 Å². The van der Waals surface area contributed by atoms with Crippen LogP contribution in [0.15, 0.2) is 12.3 Å². The largest absolute Gasteiger partial charge is 0.392 e. The molecule has 0 unspecified atom stereocenters. The number of halogens is 1. The standard InChI is InChI=1S/C10H15ClN2O/c1-10(2,3)13-9-4-7(6-14)8(11)5-12-9/h4-5,14H,6H2,1-3H3,(H,12,13). The molecule has 78 valence electrons. The molecule has 0 aliphatic heterocycles. The molecule has 0 fully saturated rings. The van der Waals surface area contributed by atoms with E-state index in [1.807, 2.05) is 20.8 Å². The molecule has 1 rings (SSSR count). The summed E-state index contributed by atoms with van der Waals surface area (Å²) in [6.45, 7) is 6.06. The van der Waals surface area contributed by atoms with Gasteiger partial charge in [-0.15, -0.1) is 0 Å². The van der Waals surface area contributed by atoms with E-state index >= 15 is 0 Å². The van der Waals surface area contributed by atoms with Crippen molar-refractivity contribution in [2.45, 2.75) is 32.9 Å². The highest BCUT2D eigenvalue weighted by atomic mass is 35.5. The highest BCUT2D eigenvalue weighted by Gasteiger charge is 2.11. The topological polar surface area (TPSA) is 45.1 Å². The number of aliphatic hydroxyl groups is 1. The first-order chi connectivity index (χ1) is 6.42. The lowest BCUT2D eigenvalue weighted by Gasteiger charge is -2.21. The molecule has 0 spiro atoms. The fraction of sp³-hybridized carbons (Fsp3) is 0.500. The van der Waals surface area contributed by atoms with E-state index in [-0.39, 0.29) is 12.1 Å². The molecule has 3 nitrogen and oxygen atoms in total. The van der Waals surface area contributed by atoms with E-state index in [1.165, 1.54) is 0 Å². The lowest BCUT2D eigenvalue weighted by molar-refractivity contribution is 0.282. The average Bonchev–Trinajstić information content (AvgIpc) is 2.06. The van der Waals surface area contributed by atoms with Gasteiger partial charge in [0.1, 0.15) is 5.82 Å². The Hall–Kier alpha value is -0.800. The second-order valence-electron chi connectivity index (χ2n) is 4.19. The maximum atomic E-state index is 9.00. The van der Waals surface area contributed by atoms with Crippen LogP contribution in [0.1, 0.15) is 26.3 Å². The van der Waals surface area contributed by atoms with Gasteiger partial charge in [-0.3, -0.25) is 0 Å². The molecule has 0 aromatic carbocycles. The van der Waals surface area contributed by atoms with E-state index in [2.05, 4.69) is 10.3 Å². The number of aliphatic hydroxyl groups excluding tert-OH is 1. The van der Waals surface area contributed by atoms with Crippen LogP contribution in [-0.2, 0) is 6.61 Å². The van der Waals surface area contributed by atoms with Crippen molar-refractivity contribution in [1.29, 1.82) is 0 Å². The summed E-state index contributed by atoms with van der Waals surface area (Å²) in [5.41, 5.74) is 0.640. The quantitative estimate of drug-likeness (QED) is 0.795. The van der Waals surface area contributed by atoms with Crippen LogP contribution >= 0.6 is 11.6 Å². The molecule has 14 heavy (non-hydrogen) atoms. The number of nitrogens with one attached hydrogen (secondary N) is 1. The number of anilines is 1. The number of rotatable bonds is 2. The smallest absolute Gasteiger partial charge is 0.126 e. The third-order valence-corrected chi connectivity index (χ3v) is 1.95. The summed E-state index contributed by atoms with van der Waals surface area (Å²) in [7, 11) is 0. The van der Waals surface area contributed by atoms with Crippen LogP contribution in [0.5, 0.6) is 0 Å². The van der Waals surface area contributed by atoms with E-state index in [9.17, 15) is 0 Å². The molecule has 0 atom stereocenters. The van der Waals surface area contributed by atoms with E-state index in [1.54, 1.807) is 12.3 Å². The Bertz CT molecular complexity index is 320. The molecule has 2 N–H and O–H groups in total.